The number of benzene rings is 1. The van der Waals surface area contributed by atoms with Crippen molar-refractivity contribution in [2.75, 3.05) is 7.11 Å². The summed E-state index contributed by atoms with van der Waals surface area (Å²) in [6, 6.07) is 3.07. The Morgan fingerprint density at radius 2 is 2.22 bits per heavy atom. The highest BCUT2D eigenvalue weighted by Crippen LogP contribution is 2.47. The molecule has 1 atom stereocenters. The minimum absolute atomic E-state index is 0.0313. The first-order chi connectivity index (χ1) is 8.52. The summed E-state index contributed by atoms with van der Waals surface area (Å²) in [5, 5.41) is 8.97. The van der Waals surface area contributed by atoms with Crippen LogP contribution in [0.2, 0.25) is 0 Å². The van der Waals surface area contributed by atoms with E-state index in [0.29, 0.717) is 22.8 Å². The molecule has 1 unspecified atom stereocenters. The minimum atomic E-state index is -0.852. The molecular weight excluding hydrogens is 235 g/mol. The van der Waals surface area contributed by atoms with Gasteiger partial charge in [-0.15, -0.1) is 0 Å². The first-order valence-corrected chi connectivity index (χ1v) is 6.08. The van der Waals surface area contributed by atoms with Gasteiger partial charge in [0.05, 0.1) is 13.5 Å². The molecule has 1 N–H and O–H groups in total. The monoisotopic (exact) mass is 252 g/mol. The predicted molar refractivity (Wildman–Crippen MR) is 65.4 cm³/mol. The molecule has 0 aliphatic heterocycles. The largest absolute Gasteiger partial charge is 0.496 e. The lowest BCUT2D eigenvalue weighted by Gasteiger charge is -2.18. The fraction of sp³-hybridized carbons (Fsp3) is 0.500. The third-order valence-corrected chi connectivity index (χ3v) is 3.50. The predicted octanol–water partition coefficient (Wildman–Crippen LogP) is 3.11. The summed E-state index contributed by atoms with van der Waals surface area (Å²) in [5.41, 5.74) is 1.20. The number of carbonyl (C=O) groups is 1. The van der Waals surface area contributed by atoms with E-state index in [2.05, 4.69) is 0 Å². The molecule has 1 aliphatic rings. The molecule has 1 aromatic carbocycles. The zero-order chi connectivity index (χ0) is 13.3. The number of halogens is 1. The SMILES string of the molecule is COc1cc(C)c(F)cc1C(CC(=O)O)C1CC1. The summed E-state index contributed by atoms with van der Waals surface area (Å²) in [6.07, 6.45) is 2.05. The summed E-state index contributed by atoms with van der Waals surface area (Å²) >= 11 is 0. The molecule has 1 fully saturated rings. The van der Waals surface area contributed by atoms with E-state index >= 15 is 0 Å². The lowest BCUT2D eigenvalue weighted by molar-refractivity contribution is -0.137. The number of aryl methyl sites for hydroxylation is 1. The minimum Gasteiger partial charge on any atom is -0.496 e. The van der Waals surface area contributed by atoms with Crippen molar-refractivity contribution in [2.45, 2.75) is 32.1 Å². The first-order valence-electron chi connectivity index (χ1n) is 6.08. The lowest BCUT2D eigenvalue weighted by Crippen LogP contribution is -2.10. The number of hydrogen-bond donors (Lipinski definition) is 1. The molecule has 4 heteroatoms. The molecule has 0 aromatic heterocycles. The van der Waals surface area contributed by atoms with Crippen LogP contribution in [0.5, 0.6) is 5.75 Å². The van der Waals surface area contributed by atoms with Gasteiger partial charge in [0.2, 0.25) is 0 Å². The normalized spacial score (nSPS) is 16.4. The molecule has 0 bridgehead atoms. The number of aliphatic carboxylic acids is 1. The van der Waals surface area contributed by atoms with Crippen LogP contribution < -0.4 is 4.74 Å². The fourth-order valence-corrected chi connectivity index (χ4v) is 2.35. The topological polar surface area (TPSA) is 46.5 Å². The van der Waals surface area contributed by atoms with Crippen molar-refractivity contribution in [1.29, 1.82) is 0 Å². The highest BCUT2D eigenvalue weighted by atomic mass is 19.1. The maximum absolute atomic E-state index is 13.7. The Labute approximate surface area is 106 Å². The third kappa shape index (κ3) is 2.63. The molecule has 0 heterocycles. The number of rotatable bonds is 5. The Bertz CT molecular complexity index is 466. The number of methoxy groups -OCH3 is 1. The van der Waals surface area contributed by atoms with Crippen molar-refractivity contribution in [1.82, 2.24) is 0 Å². The molecular formula is C14H17FO3. The maximum Gasteiger partial charge on any atom is 0.303 e. The van der Waals surface area contributed by atoms with Crippen molar-refractivity contribution in [2.24, 2.45) is 5.92 Å². The van der Waals surface area contributed by atoms with Crippen LogP contribution >= 0.6 is 0 Å². The van der Waals surface area contributed by atoms with E-state index in [-0.39, 0.29) is 18.2 Å². The molecule has 0 saturated heterocycles. The third-order valence-electron chi connectivity index (χ3n) is 3.50. The Kier molecular flexibility index (Phi) is 3.55. The fourth-order valence-electron chi connectivity index (χ4n) is 2.35. The van der Waals surface area contributed by atoms with Gasteiger partial charge in [-0.05, 0) is 43.4 Å². The van der Waals surface area contributed by atoms with Gasteiger partial charge >= 0.3 is 5.97 Å². The number of carboxylic acid groups (broad SMARTS) is 1. The van der Waals surface area contributed by atoms with Crippen LogP contribution in [0.4, 0.5) is 4.39 Å². The van der Waals surface area contributed by atoms with Crippen molar-refractivity contribution in [3.05, 3.63) is 29.1 Å². The van der Waals surface area contributed by atoms with Crippen molar-refractivity contribution < 1.29 is 19.0 Å². The molecule has 3 nitrogen and oxygen atoms in total. The molecule has 1 saturated carbocycles. The van der Waals surface area contributed by atoms with E-state index in [9.17, 15) is 9.18 Å². The Hall–Kier alpha value is -1.58. The molecule has 18 heavy (non-hydrogen) atoms. The van der Waals surface area contributed by atoms with Gasteiger partial charge in [-0.1, -0.05) is 0 Å². The molecule has 0 spiro atoms. The van der Waals surface area contributed by atoms with Crippen LogP contribution in [0.1, 0.15) is 36.3 Å². The molecule has 1 aliphatic carbocycles. The summed E-state index contributed by atoms with van der Waals surface area (Å²) in [7, 11) is 1.53. The molecule has 2 rings (SSSR count). The smallest absolute Gasteiger partial charge is 0.303 e. The zero-order valence-corrected chi connectivity index (χ0v) is 10.6. The number of ether oxygens (including phenoxy) is 1. The summed E-state index contributed by atoms with van der Waals surface area (Å²) < 4.78 is 18.9. The average molecular weight is 252 g/mol. The van der Waals surface area contributed by atoms with Gasteiger partial charge in [-0.3, -0.25) is 4.79 Å². The average Bonchev–Trinajstić information content (AvgIpc) is 3.13. The van der Waals surface area contributed by atoms with Crippen LogP contribution in [-0.4, -0.2) is 18.2 Å². The first kappa shape index (κ1) is 12.9. The van der Waals surface area contributed by atoms with Gasteiger partial charge in [0, 0.05) is 11.5 Å². The van der Waals surface area contributed by atoms with Gasteiger partial charge in [-0.25, -0.2) is 4.39 Å². The number of carboxylic acids is 1. The second kappa shape index (κ2) is 4.96. The van der Waals surface area contributed by atoms with E-state index in [0.717, 1.165) is 12.8 Å². The van der Waals surface area contributed by atoms with E-state index < -0.39 is 5.97 Å². The molecule has 0 amide bonds. The van der Waals surface area contributed by atoms with Gasteiger partial charge in [0.15, 0.2) is 0 Å². The van der Waals surface area contributed by atoms with Crippen LogP contribution in [0.15, 0.2) is 12.1 Å². The summed E-state index contributed by atoms with van der Waals surface area (Å²) in [5.74, 6) is -0.367. The van der Waals surface area contributed by atoms with E-state index in [1.54, 1.807) is 13.0 Å². The maximum atomic E-state index is 13.7. The van der Waals surface area contributed by atoms with Crippen molar-refractivity contribution in [3.8, 4) is 5.75 Å². The Balaban J connectivity index is 2.39. The molecule has 0 radical (unpaired) electrons. The van der Waals surface area contributed by atoms with Crippen LogP contribution in [0.25, 0.3) is 0 Å². The van der Waals surface area contributed by atoms with Crippen LogP contribution in [0, 0.1) is 18.7 Å². The van der Waals surface area contributed by atoms with E-state index in [1.165, 1.54) is 13.2 Å². The molecule has 98 valence electrons. The summed E-state index contributed by atoms with van der Waals surface area (Å²) in [4.78, 5) is 10.9. The molecule has 1 aromatic rings. The van der Waals surface area contributed by atoms with Gasteiger partial charge in [0.1, 0.15) is 11.6 Å². The van der Waals surface area contributed by atoms with E-state index in [4.69, 9.17) is 9.84 Å². The van der Waals surface area contributed by atoms with E-state index in [1.807, 2.05) is 0 Å². The summed E-state index contributed by atoms with van der Waals surface area (Å²) in [6.45, 7) is 1.67. The van der Waals surface area contributed by atoms with Gasteiger partial charge < -0.3 is 9.84 Å². The second-order valence-electron chi connectivity index (χ2n) is 4.89. The Morgan fingerprint density at radius 3 is 2.72 bits per heavy atom. The lowest BCUT2D eigenvalue weighted by atomic mass is 9.89. The zero-order valence-electron chi connectivity index (χ0n) is 10.6. The quantitative estimate of drug-likeness (QED) is 0.875. The highest BCUT2D eigenvalue weighted by Gasteiger charge is 2.35. The van der Waals surface area contributed by atoms with Gasteiger partial charge in [-0.2, -0.15) is 0 Å². The second-order valence-corrected chi connectivity index (χ2v) is 4.89. The Morgan fingerprint density at radius 1 is 1.56 bits per heavy atom. The van der Waals surface area contributed by atoms with Crippen molar-refractivity contribution in [3.63, 3.8) is 0 Å². The highest BCUT2D eigenvalue weighted by molar-refractivity contribution is 5.68. The van der Waals surface area contributed by atoms with Gasteiger partial charge in [0.25, 0.3) is 0 Å². The number of hydrogen-bond acceptors (Lipinski definition) is 2. The van der Waals surface area contributed by atoms with Crippen LogP contribution in [-0.2, 0) is 4.79 Å². The van der Waals surface area contributed by atoms with Crippen LogP contribution in [0.3, 0.4) is 0 Å². The standard InChI is InChI=1S/C14H17FO3/c1-8-5-13(18-2)11(6-12(8)15)10(7-14(16)17)9-3-4-9/h5-6,9-10H,3-4,7H2,1-2H3,(H,16,17). The van der Waals surface area contributed by atoms with Crippen molar-refractivity contribution >= 4 is 5.97 Å².